The molecule has 0 amide bonds. The van der Waals surface area contributed by atoms with Crippen LogP contribution in [0.4, 0.5) is 0 Å². The Morgan fingerprint density at radius 3 is 2.72 bits per heavy atom. The number of nitrogens with one attached hydrogen (secondary N) is 1. The number of phenolic OH excluding ortho intramolecular Hbond substituents is 1. The van der Waals surface area contributed by atoms with Gasteiger partial charge in [0.25, 0.3) is 0 Å². The van der Waals surface area contributed by atoms with Gasteiger partial charge in [0.1, 0.15) is 5.75 Å². The van der Waals surface area contributed by atoms with Crippen molar-refractivity contribution in [1.29, 1.82) is 5.41 Å². The molecular weight excluding hydrogens is 226 g/mol. The zero-order valence-corrected chi connectivity index (χ0v) is 9.88. The minimum Gasteiger partial charge on any atom is -0.508 e. The summed E-state index contributed by atoms with van der Waals surface area (Å²) in [5.41, 5.74) is 7.84. The molecule has 1 heterocycles. The molecule has 4 heteroatoms. The van der Waals surface area contributed by atoms with Gasteiger partial charge in [-0.25, -0.2) is 0 Å². The Hall–Kier alpha value is -2.20. The summed E-state index contributed by atoms with van der Waals surface area (Å²) in [6.07, 6.45) is 3.67. The van der Waals surface area contributed by atoms with Gasteiger partial charge in [0.15, 0.2) is 0 Å². The fourth-order valence-electron chi connectivity index (χ4n) is 1.79. The van der Waals surface area contributed by atoms with E-state index in [-0.39, 0.29) is 11.8 Å². The second-order valence-electron chi connectivity index (χ2n) is 4.09. The zero-order valence-electron chi connectivity index (χ0n) is 9.88. The van der Waals surface area contributed by atoms with Crippen LogP contribution in [0, 0.1) is 5.41 Å². The molecule has 4 N–H and O–H groups in total. The van der Waals surface area contributed by atoms with E-state index in [2.05, 4.69) is 4.98 Å². The van der Waals surface area contributed by atoms with E-state index in [0.717, 1.165) is 5.56 Å². The highest BCUT2D eigenvalue weighted by Crippen LogP contribution is 2.24. The topological polar surface area (TPSA) is 83.0 Å². The molecule has 0 aliphatic carbocycles. The molecule has 0 fully saturated rings. The first-order valence-corrected chi connectivity index (χ1v) is 5.70. The Bertz CT molecular complexity index is 540. The molecule has 18 heavy (non-hydrogen) atoms. The van der Waals surface area contributed by atoms with Gasteiger partial charge >= 0.3 is 0 Å². The number of benzene rings is 1. The van der Waals surface area contributed by atoms with Crippen LogP contribution in [0.25, 0.3) is 0 Å². The van der Waals surface area contributed by atoms with Crippen LogP contribution in [-0.4, -0.2) is 15.8 Å². The minimum atomic E-state index is -0.390. The molecule has 0 spiro atoms. The third-order valence-electron chi connectivity index (χ3n) is 2.77. The summed E-state index contributed by atoms with van der Waals surface area (Å²) in [6.45, 7) is 0. The van der Waals surface area contributed by atoms with Crippen molar-refractivity contribution in [2.75, 3.05) is 0 Å². The average Bonchev–Trinajstić information content (AvgIpc) is 2.40. The molecule has 0 saturated heterocycles. The molecule has 0 aliphatic heterocycles. The molecule has 0 bridgehead atoms. The highest BCUT2D eigenvalue weighted by atomic mass is 16.3. The quantitative estimate of drug-likeness (QED) is 0.718. The lowest BCUT2D eigenvalue weighted by Crippen LogP contribution is -2.15. The molecule has 1 unspecified atom stereocenters. The summed E-state index contributed by atoms with van der Waals surface area (Å²) in [4.78, 5) is 3.97. The van der Waals surface area contributed by atoms with Crippen molar-refractivity contribution in [1.82, 2.24) is 4.98 Å². The Balaban J connectivity index is 2.11. The third kappa shape index (κ3) is 2.73. The normalized spacial score (nSPS) is 12.1. The molecule has 0 saturated carbocycles. The molecule has 0 radical (unpaired) electrons. The van der Waals surface area contributed by atoms with Gasteiger partial charge in [-0.3, -0.25) is 4.98 Å². The minimum absolute atomic E-state index is 0.170. The SMILES string of the molecule is N=C(CC(N)c1ccccc1O)c1cccnc1. The summed E-state index contributed by atoms with van der Waals surface area (Å²) in [7, 11) is 0. The molecule has 1 aromatic heterocycles. The largest absolute Gasteiger partial charge is 0.508 e. The highest BCUT2D eigenvalue weighted by molar-refractivity contribution is 5.98. The summed E-state index contributed by atoms with van der Waals surface area (Å²) in [5.74, 6) is 0.170. The van der Waals surface area contributed by atoms with Crippen LogP contribution in [0.15, 0.2) is 48.8 Å². The zero-order chi connectivity index (χ0) is 13.0. The number of rotatable bonds is 4. The number of nitrogens with zero attached hydrogens (tertiary/aromatic N) is 1. The fourth-order valence-corrected chi connectivity index (χ4v) is 1.79. The van der Waals surface area contributed by atoms with E-state index >= 15 is 0 Å². The third-order valence-corrected chi connectivity index (χ3v) is 2.77. The monoisotopic (exact) mass is 241 g/mol. The van der Waals surface area contributed by atoms with E-state index in [1.807, 2.05) is 12.1 Å². The van der Waals surface area contributed by atoms with Crippen LogP contribution >= 0.6 is 0 Å². The van der Waals surface area contributed by atoms with Crippen molar-refractivity contribution in [3.05, 3.63) is 59.9 Å². The molecular formula is C14H15N3O. The predicted molar refractivity (Wildman–Crippen MR) is 70.7 cm³/mol. The molecule has 2 rings (SSSR count). The lowest BCUT2D eigenvalue weighted by Gasteiger charge is -2.14. The summed E-state index contributed by atoms with van der Waals surface area (Å²) >= 11 is 0. The van der Waals surface area contributed by atoms with Crippen LogP contribution < -0.4 is 5.73 Å². The van der Waals surface area contributed by atoms with Gasteiger partial charge in [-0.15, -0.1) is 0 Å². The van der Waals surface area contributed by atoms with Crippen molar-refractivity contribution in [2.45, 2.75) is 12.5 Å². The van der Waals surface area contributed by atoms with Crippen molar-refractivity contribution < 1.29 is 5.11 Å². The number of hydrogen-bond acceptors (Lipinski definition) is 4. The fraction of sp³-hybridized carbons (Fsp3) is 0.143. The summed E-state index contributed by atoms with van der Waals surface area (Å²) in [6, 6.07) is 10.2. The van der Waals surface area contributed by atoms with Crippen LogP contribution in [0.1, 0.15) is 23.6 Å². The van der Waals surface area contributed by atoms with Crippen LogP contribution in [0.5, 0.6) is 5.75 Å². The molecule has 1 aromatic carbocycles. The van der Waals surface area contributed by atoms with Crippen LogP contribution in [0.3, 0.4) is 0 Å². The second-order valence-corrected chi connectivity index (χ2v) is 4.09. The number of hydrogen-bond donors (Lipinski definition) is 3. The number of pyridine rings is 1. The van der Waals surface area contributed by atoms with Crippen molar-refractivity contribution in [3.8, 4) is 5.75 Å². The number of para-hydroxylation sites is 1. The Morgan fingerprint density at radius 1 is 1.28 bits per heavy atom. The van der Waals surface area contributed by atoms with E-state index in [4.69, 9.17) is 11.1 Å². The lowest BCUT2D eigenvalue weighted by molar-refractivity contribution is 0.462. The van der Waals surface area contributed by atoms with Gasteiger partial charge in [-0.1, -0.05) is 24.3 Å². The first-order chi connectivity index (χ1) is 8.68. The molecule has 1 atom stereocenters. The van der Waals surface area contributed by atoms with Gasteiger partial charge in [0.05, 0.1) is 0 Å². The summed E-state index contributed by atoms with van der Waals surface area (Å²) in [5, 5.41) is 17.7. The lowest BCUT2D eigenvalue weighted by atomic mass is 9.98. The maximum absolute atomic E-state index is 9.70. The van der Waals surface area contributed by atoms with E-state index in [1.165, 1.54) is 0 Å². The smallest absolute Gasteiger partial charge is 0.120 e. The van der Waals surface area contributed by atoms with Crippen molar-refractivity contribution in [3.63, 3.8) is 0 Å². The number of phenols is 1. The second kappa shape index (κ2) is 5.42. The van der Waals surface area contributed by atoms with E-state index in [1.54, 1.807) is 36.7 Å². The van der Waals surface area contributed by atoms with Crippen molar-refractivity contribution in [2.24, 2.45) is 5.73 Å². The summed E-state index contributed by atoms with van der Waals surface area (Å²) < 4.78 is 0. The number of aromatic hydroxyl groups is 1. The molecule has 4 nitrogen and oxygen atoms in total. The standard InChI is InChI=1S/C14H15N3O/c15-12(10-4-3-7-17-9-10)8-13(16)11-5-1-2-6-14(11)18/h1-7,9,13,15,18H,8,16H2. The van der Waals surface area contributed by atoms with E-state index in [0.29, 0.717) is 17.7 Å². The molecule has 0 aliphatic rings. The van der Waals surface area contributed by atoms with Gasteiger partial charge in [-0.2, -0.15) is 0 Å². The first-order valence-electron chi connectivity index (χ1n) is 5.70. The van der Waals surface area contributed by atoms with E-state index in [9.17, 15) is 5.11 Å². The van der Waals surface area contributed by atoms with Gasteiger partial charge in [0, 0.05) is 41.7 Å². The van der Waals surface area contributed by atoms with Crippen LogP contribution in [-0.2, 0) is 0 Å². The van der Waals surface area contributed by atoms with Crippen LogP contribution in [0.2, 0.25) is 0 Å². The molecule has 92 valence electrons. The van der Waals surface area contributed by atoms with E-state index < -0.39 is 0 Å². The Morgan fingerprint density at radius 2 is 2.06 bits per heavy atom. The predicted octanol–water partition coefficient (Wildman–Crippen LogP) is 2.25. The first kappa shape index (κ1) is 12.3. The van der Waals surface area contributed by atoms with Gasteiger partial charge < -0.3 is 16.2 Å². The highest BCUT2D eigenvalue weighted by Gasteiger charge is 2.13. The maximum atomic E-state index is 9.70. The maximum Gasteiger partial charge on any atom is 0.120 e. The average molecular weight is 241 g/mol. The molecule has 2 aromatic rings. The Labute approximate surface area is 106 Å². The van der Waals surface area contributed by atoms with Gasteiger partial charge in [-0.05, 0) is 12.1 Å². The number of nitrogens with two attached hydrogens (primary N) is 1. The Kier molecular flexibility index (Phi) is 3.69. The van der Waals surface area contributed by atoms with Crippen molar-refractivity contribution >= 4 is 5.71 Å². The number of aromatic nitrogens is 1. The van der Waals surface area contributed by atoms with Gasteiger partial charge in [0.2, 0.25) is 0 Å².